The summed E-state index contributed by atoms with van der Waals surface area (Å²) in [5.41, 5.74) is 5.57. The van der Waals surface area contributed by atoms with Crippen molar-refractivity contribution in [1.29, 1.82) is 0 Å². The summed E-state index contributed by atoms with van der Waals surface area (Å²) in [6.07, 6.45) is 3.81. The Balaban J connectivity index is 0.00000357. The summed E-state index contributed by atoms with van der Waals surface area (Å²) in [7, 11) is 0. The number of rotatable bonds is 4. The SMILES string of the molecule is CC(C)(C)c1ccc(-c2[c-]c(Oc3[c-]c(-c4ncc(C(C)(C)C)c5c6c(oc45)Oc4ccccc4O6)ccc3)ccc2)nc1.[Pt+2]. The standard InChI is InChI=1S/C38H32N2O4.Pt/c1-37(2,3)25-17-18-29(39-21-25)23-11-9-13-26(19-23)41-27-14-10-12-24(20-27)33-34-32(28(22-40-33)38(4,5)6)35-36(44-34)43-31-16-8-7-15-30(31)42-35;/h7-18,21-22H,1-6H3;/q-2;+2. The number of benzene rings is 3. The Morgan fingerprint density at radius 2 is 1.33 bits per heavy atom. The van der Waals surface area contributed by atoms with Crippen LogP contribution in [0.3, 0.4) is 0 Å². The van der Waals surface area contributed by atoms with Crippen LogP contribution in [-0.4, -0.2) is 9.97 Å². The Morgan fingerprint density at radius 1 is 0.667 bits per heavy atom. The van der Waals surface area contributed by atoms with E-state index in [9.17, 15) is 0 Å². The molecule has 7 rings (SSSR count). The maximum absolute atomic E-state index is 6.34. The number of ether oxygens (including phenoxy) is 3. The van der Waals surface area contributed by atoms with E-state index in [1.807, 2.05) is 79.1 Å². The van der Waals surface area contributed by atoms with Crippen LogP contribution in [-0.2, 0) is 31.9 Å². The fourth-order valence-corrected chi connectivity index (χ4v) is 5.23. The fraction of sp³-hybridized carbons (Fsp3) is 0.211. The van der Waals surface area contributed by atoms with E-state index in [0.29, 0.717) is 51.5 Å². The molecule has 0 atom stereocenters. The molecule has 0 saturated heterocycles. The fourth-order valence-electron chi connectivity index (χ4n) is 5.23. The van der Waals surface area contributed by atoms with Gasteiger partial charge in [0, 0.05) is 29.6 Å². The summed E-state index contributed by atoms with van der Waals surface area (Å²) in [4.78, 5) is 9.53. The van der Waals surface area contributed by atoms with Crippen molar-refractivity contribution in [3.8, 4) is 57.2 Å². The molecular formula is C38H32N2O4Pt. The molecule has 0 spiro atoms. The second kappa shape index (κ2) is 11.5. The maximum atomic E-state index is 6.34. The topological polar surface area (TPSA) is 66.6 Å². The van der Waals surface area contributed by atoms with Crippen LogP contribution in [0.4, 0.5) is 0 Å². The third kappa shape index (κ3) is 5.87. The van der Waals surface area contributed by atoms with Crippen molar-refractivity contribution in [2.75, 3.05) is 0 Å². The molecule has 0 bridgehead atoms. The molecule has 0 radical (unpaired) electrons. The van der Waals surface area contributed by atoms with E-state index < -0.39 is 0 Å². The molecule has 0 unspecified atom stereocenters. The summed E-state index contributed by atoms with van der Waals surface area (Å²) >= 11 is 0. The number of pyridine rings is 2. The number of aromatic nitrogens is 2. The van der Waals surface area contributed by atoms with Crippen molar-refractivity contribution in [3.63, 3.8) is 0 Å². The van der Waals surface area contributed by atoms with Gasteiger partial charge in [-0.3, -0.25) is 0 Å². The first kappa shape index (κ1) is 30.6. The molecule has 45 heavy (non-hydrogen) atoms. The average Bonchev–Trinajstić information content (AvgIpc) is 3.37. The van der Waals surface area contributed by atoms with Gasteiger partial charge < -0.3 is 28.6 Å². The molecule has 4 heterocycles. The first-order valence-electron chi connectivity index (χ1n) is 14.7. The molecule has 0 fully saturated rings. The first-order valence-corrected chi connectivity index (χ1v) is 14.7. The number of fused-ring (bicyclic) bond motifs is 4. The second-order valence-corrected chi connectivity index (χ2v) is 13.0. The van der Waals surface area contributed by atoms with Crippen LogP contribution < -0.4 is 14.2 Å². The quantitative estimate of drug-likeness (QED) is 0.166. The Bertz CT molecular complexity index is 2020. The van der Waals surface area contributed by atoms with Gasteiger partial charge in [0.1, 0.15) is 5.58 Å². The predicted octanol–water partition coefficient (Wildman–Crippen LogP) is 10.4. The number of nitrogens with zero attached hydrogens (tertiary/aromatic N) is 2. The molecule has 7 heteroatoms. The van der Waals surface area contributed by atoms with Crippen molar-refractivity contribution in [3.05, 3.63) is 108 Å². The van der Waals surface area contributed by atoms with Crippen LogP contribution >= 0.6 is 0 Å². The number of hydrogen-bond acceptors (Lipinski definition) is 6. The molecule has 0 N–H and O–H groups in total. The van der Waals surface area contributed by atoms with Gasteiger partial charge in [0.25, 0.3) is 0 Å². The molecule has 3 aromatic carbocycles. The second-order valence-electron chi connectivity index (χ2n) is 13.0. The number of para-hydroxylation sites is 2. The Kier molecular flexibility index (Phi) is 7.82. The molecule has 1 aliphatic rings. The monoisotopic (exact) mass is 775 g/mol. The van der Waals surface area contributed by atoms with Gasteiger partial charge in [-0.1, -0.05) is 77.9 Å². The van der Waals surface area contributed by atoms with Gasteiger partial charge in [-0.05, 0) is 39.8 Å². The van der Waals surface area contributed by atoms with Crippen molar-refractivity contribution in [1.82, 2.24) is 9.97 Å². The van der Waals surface area contributed by atoms with Gasteiger partial charge in [-0.15, -0.1) is 47.5 Å². The predicted molar refractivity (Wildman–Crippen MR) is 171 cm³/mol. The molecule has 3 aromatic heterocycles. The van der Waals surface area contributed by atoms with E-state index in [1.54, 1.807) is 0 Å². The zero-order chi connectivity index (χ0) is 30.6. The molecule has 228 valence electrons. The molecule has 0 saturated carbocycles. The van der Waals surface area contributed by atoms with E-state index in [2.05, 4.69) is 64.7 Å². The van der Waals surface area contributed by atoms with Crippen molar-refractivity contribution in [2.45, 2.75) is 52.4 Å². The Labute approximate surface area is 277 Å². The largest absolute Gasteiger partial charge is 2.00 e. The zero-order valence-electron chi connectivity index (χ0n) is 25.9. The van der Waals surface area contributed by atoms with Crippen molar-refractivity contribution < 1.29 is 39.7 Å². The summed E-state index contributed by atoms with van der Waals surface area (Å²) in [6.45, 7) is 12.9. The third-order valence-electron chi connectivity index (χ3n) is 7.63. The van der Waals surface area contributed by atoms with Gasteiger partial charge in [0.15, 0.2) is 11.5 Å². The van der Waals surface area contributed by atoms with Gasteiger partial charge in [0.2, 0.25) is 5.75 Å². The van der Waals surface area contributed by atoms with Gasteiger partial charge in [-0.2, -0.15) is 0 Å². The average molecular weight is 776 g/mol. The van der Waals surface area contributed by atoms with Crippen LogP contribution in [0.25, 0.3) is 33.5 Å². The first-order chi connectivity index (χ1) is 21.0. The number of furan rings is 1. The Hall–Kier alpha value is -4.41. The van der Waals surface area contributed by atoms with E-state index in [0.717, 1.165) is 22.2 Å². The van der Waals surface area contributed by atoms with E-state index in [-0.39, 0.29) is 31.9 Å². The van der Waals surface area contributed by atoms with Crippen LogP contribution in [0.1, 0.15) is 52.7 Å². The minimum absolute atomic E-state index is 0. The van der Waals surface area contributed by atoms with E-state index >= 15 is 0 Å². The van der Waals surface area contributed by atoms with Crippen LogP contribution in [0.15, 0.2) is 89.6 Å². The molecule has 6 nitrogen and oxygen atoms in total. The van der Waals surface area contributed by atoms with Gasteiger partial charge in [-0.25, -0.2) is 0 Å². The van der Waals surface area contributed by atoms with E-state index in [1.165, 1.54) is 5.56 Å². The van der Waals surface area contributed by atoms with Crippen LogP contribution in [0.5, 0.6) is 34.7 Å². The summed E-state index contributed by atoms with van der Waals surface area (Å²) in [6, 6.07) is 29.9. The number of hydrogen-bond donors (Lipinski definition) is 0. The maximum Gasteiger partial charge on any atom is 2.00 e. The summed E-state index contributed by atoms with van der Waals surface area (Å²) < 4.78 is 25.1. The molecule has 0 aliphatic carbocycles. The van der Waals surface area contributed by atoms with Gasteiger partial charge in [0.05, 0.1) is 5.39 Å². The van der Waals surface area contributed by atoms with Crippen LogP contribution in [0, 0.1) is 12.1 Å². The van der Waals surface area contributed by atoms with Crippen molar-refractivity contribution in [2.24, 2.45) is 0 Å². The molecule has 1 aliphatic heterocycles. The minimum atomic E-state index is -0.223. The van der Waals surface area contributed by atoms with Gasteiger partial charge >= 0.3 is 27.0 Å². The summed E-state index contributed by atoms with van der Waals surface area (Å²) in [5.74, 6) is 3.19. The normalized spacial score (nSPS) is 12.4. The Morgan fingerprint density at radius 3 is 1.98 bits per heavy atom. The summed E-state index contributed by atoms with van der Waals surface area (Å²) in [5, 5.41) is 0.831. The zero-order valence-corrected chi connectivity index (χ0v) is 28.2. The molecule has 6 aromatic rings. The third-order valence-corrected chi connectivity index (χ3v) is 7.63. The smallest absolute Gasteiger partial charge is 0.497 e. The minimum Gasteiger partial charge on any atom is -0.497 e. The van der Waals surface area contributed by atoms with Crippen molar-refractivity contribution >= 4 is 11.0 Å². The molecular weight excluding hydrogens is 744 g/mol. The van der Waals surface area contributed by atoms with E-state index in [4.69, 9.17) is 23.6 Å². The molecule has 0 amide bonds. The van der Waals surface area contributed by atoms with Crippen LogP contribution in [0.2, 0.25) is 0 Å².